The largest absolute Gasteiger partial charge is 0.480 e. The van der Waals surface area contributed by atoms with Crippen LogP contribution in [0.4, 0.5) is 5.69 Å². The lowest BCUT2D eigenvalue weighted by Gasteiger charge is -2.44. The molecule has 1 fully saturated rings. The molecule has 108 valence electrons. The Morgan fingerprint density at radius 2 is 2.10 bits per heavy atom. The predicted octanol–water partition coefficient (Wildman–Crippen LogP) is 2.38. The van der Waals surface area contributed by atoms with Crippen LogP contribution in [0.5, 0.6) is 0 Å². The number of carbonyl (C=O) groups excluding carboxylic acids is 1. The van der Waals surface area contributed by atoms with E-state index in [9.17, 15) is 14.7 Å². The van der Waals surface area contributed by atoms with E-state index in [-0.39, 0.29) is 0 Å². The maximum Gasteiger partial charge on any atom is 0.329 e. The Kier molecular flexibility index (Phi) is 4.04. The molecule has 2 rings (SSSR count). The molecule has 3 N–H and O–H groups in total. The summed E-state index contributed by atoms with van der Waals surface area (Å²) in [6, 6.07) is 5.26. The lowest BCUT2D eigenvalue weighted by molar-refractivity contribution is -0.143. The summed E-state index contributed by atoms with van der Waals surface area (Å²) in [6.45, 7) is 2.29. The van der Waals surface area contributed by atoms with Gasteiger partial charge in [0.1, 0.15) is 5.54 Å². The van der Waals surface area contributed by atoms with Gasteiger partial charge in [0.2, 0.25) is 0 Å². The predicted molar refractivity (Wildman–Crippen MR) is 79.9 cm³/mol. The van der Waals surface area contributed by atoms with Gasteiger partial charge in [-0.2, -0.15) is 0 Å². The Hall–Kier alpha value is -1.56. The zero-order chi connectivity index (χ0) is 14.9. The summed E-state index contributed by atoms with van der Waals surface area (Å²) in [5.41, 5.74) is 5.35. The Morgan fingerprint density at radius 3 is 2.70 bits per heavy atom. The third-order valence-electron chi connectivity index (χ3n) is 3.88. The first-order valence-corrected chi connectivity index (χ1v) is 7.26. The minimum Gasteiger partial charge on any atom is -0.480 e. The van der Waals surface area contributed by atoms with Gasteiger partial charge >= 0.3 is 5.97 Å². The smallest absolute Gasteiger partial charge is 0.329 e. The molecule has 0 aromatic heterocycles. The Labute approximate surface area is 125 Å². The van der Waals surface area contributed by atoms with Gasteiger partial charge in [-0.15, -0.1) is 0 Å². The van der Waals surface area contributed by atoms with Gasteiger partial charge in [0, 0.05) is 11.0 Å². The van der Waals surface area contributed by atoms with Crippen LogP contribution < -0.4 is 10.6 Å². The van der Waals surface area contributed by atoms with Crippen molar-refractivity contribution in [3.05, 3.63) is 28.2 Å². The van der Waals surface area contributed by atoms with Crippen molar-refractivity contribution >= 4 is 33.5 Å². The van der Waals surface area contributed by atoms with Crippen molar-refractivity contribution in [2.45, 2.75) is 31.7 Å². The summed E-state index contributed by atoms with van der Waals surface area (Å²) in [5, 5.41) is 9.56. The van der Waals surface area contributed by atoms with Crippen LogP contribution in [0.2, 0.25) is 0 Å². The first kappa shape index (κ1) is 14.8. The first-order chi connectivity index (χ1) is 9.38. The Balaban J connectivity index is 2.57. The van der Waals surface area contributed by atoms with Gasteiger partial charge in [0.25, 0.3) is 5.91 Å². The number of carboxylic acids is 1. The molecule has 1 atom stereocenters. The van der Waals surface area contributed by atoms with E-state index in [2.05, 4.69) is 15.9 Å². The molecule has 1 heterocycles. The summed E-state index contributed by atoms with van der Waals surface area (Å²) in [4.78, 5) is 25.1. The number of carbonyl (C=O) groups is 2. The molecule has 0 spiro atoms. The van der Waals surface area contributed by atoms with Crippen LogP contribution in [-0.4, -0.2) is 29.1 Å². The van der Waals surface area contributed by atoms with Crippen molar-refractivity contribution in [3.63, 3.8) is 0 Å². The number of benzene rings is 1. The highest BCUT2D eigenvalue weighted by Gasteiger charge is 2.42. The molecule has 5 nitrogen and oxygen atoms in total. The second-order valence-electron chi connectivity index (χ2n) is 5.19. The second kappa shape index (κ2) is 5.44. The van der Waals surface area contributed by atoms with E-state index < -0.39 is 17.4 Å². The van der Waals surface area contributed by atoms with Gasteiger partial charge in [-0.05, 0) is 54.2 Å². The molecule has 0 aliphatic carbocycles. The number of rotatable bonds is 3. The number of nitrogens with two attached hydrogens (primary N) is 1. The topological polar surface area (TPSA) is 83.6 Å². The minimum atomic E-state index is -1.01. The van der Waals surface area contributed by atoms with Crippen LogP contribution in [0.1, 0.15) is 36.5 Å². The number of anilines is 1. The van der Waals surface area contributed by atoms with Gasteiger partial charge in [-0.25, -0.2) is 4.79 Å². The van der Waals surface area contributed by atoms with Gasteiger partial charge in [-0.1, -0.05) is 6.07 Å². The van der Waals surface area contributed by atoms with Crippen LogP contribution in [-0.2, 0) is 4.79 Å². The Bertz CT molecular complexity index is 561. The highest BCUT2D eigenvalue weighted by Crippen LogP contribution is 2.37. The molecule has 1 aliphatic heterocycles. The molecule has 1 amide bonds. The van der Waals surface area contributed by atoms with Crippen LogP contribution >= 0.6 is 15.9 Å². The number of amides is 1. The lowest BCUT2D eigenvalue weighted by Crippen LogP contribution is -2.56. The molecule has 1 unspecified atom stereocenters. The zero-order valence-corrected chi connectivity index (χ0v) is 12.8. The normalized spacial score (nSPS) is 22.6. The monoisotopic (exact) mass is 340 g/mol. The molecule has 6 heteroatoms. The average molecular weight is 341 g/mol. The highest BCUT2D eigenvalue weighted by atomic mass is 79.9. The number of aliphatic carboxylic acids is 1. The molecule has 1 aromatic carbocycles. The van der Waals surface area contributed by atoms with E-state index in [0.717, 1.165) is 12.8 Å². The van der Waals surface area contributed by atoms with E-state index in [1.54, 1.807) is 30.0 Å². The summed E-state index contributed by atoms with van der Waals surface area (Å²) < 4.78 is 0.584. The second-order valence-corrected chi connectivity index (χ2v) is 6.04. The number of halogens is 1. The van der Waals surface area contributed by atoms with E-state index in [4.69, 9.17) is 5.73 Å². The van der Waals surface area contributed by atoms with Crippen molar-refractivity contribution in [1.82, 2.24) is 0 Å². The van der Waals surface area contributed by atoms with Crippen molar-refractivity contribution < 1.29 is 14.7 Å². The third-order valence-corrected chi connectivity index (χ3v) is 4.54. The Morgan fingerprint density at radius 1 is 1.40 bits per heavy atom. The van der Waals surface area contributed by atoms with Crippen LogP contribution in [0.3, 0.4) is 0 Å². The number of hydrogen-bond acceptors (Lipinski definition) is 3. The quantitative estimate of drug-likeness (QED) is 0.884. The fourth-order valence-electron chi connectivity index (χ4n) is 2.71. The van der Waals surface area contributed by atoms with Crippen LogP contribution in [0.15, 0.2) is 22.7 Å². The molecular weight excluding hydrogens is 324 g/mol. The van der Waals surface area contributed by atoms with Crippen LogP contribution in [0, 0.1) is 0 Å². The molecule has 0 radical (unpaired) electrons. The molecule has 1 aliphatic rings. The SMILES string of the molecule is CC1(C(=O)O)CCCCN1c1cccc(Br)c1C(N)=O. The van der Waals surface area contributed by atoms with Gasteiger partial charge in [0.05, 0.1) is 11.3 Å². The minimum absolute atomic E-state index is 0.335. The van der Waals surface area contributed by atoms with Crippen molar-refractivity contribution in [3.8, 4) is 0 Å². The summed E-state index contributed by atoms with van der Waals surface area (Å²) in [6.07, 6.45) is 2.31. The zero-order valence-electron chi connectivity index (χ0n) is 11.2. The third kappa shape index (κ3) is 2.40. The van der Waals surface area contributed by atoms with E-state index in [1.807, 2.05) is 0 Å². The standard InChI is InChI=1S/C14H17BrN2O3/c1-14(13(19)20)7-2-3-8-17(14)10-6-4-5-9(15)11(10)12(16)18/h4-6H,2-3,7-8H2,1H3,(H2,16,18)(H,19,20). The molecule has 0 bridgehead atoms. The first-order valence-electron chi connectivity index (χ1n) is 6.47. The number of carboxylic acid groups (broad SMARTS) is 1. The lowest BCUT2D eigenvalue weighted by atomic mass is 9.87. The van der Waals surface area contributed by atoms with Crippen molar-refractivity contribution in [1.29, 1.82) is 0 Å². The fraction of sp³-hybridized carbons (Fsp3) is 0.429. The van der Waals surface area contributed by atoms with Crippen molar-refractivity contribution in [2.75, 3.05) is 11.4 Å². The van der Waals surface area contributed by atoms with Gasteiger partial charge in [-0.3, -0.25) is 4.79 Å². The fourth-order valence-corrected chi connectivity index (χ4v) is 3.26. The number of hydrogen-bond donors (Lipinski definition) is 2. The van der Waals surface area contributed by atoms with E-state index in [0.29, 0.717) is 28.7 Å². The van der Waals surface area contributed by atoms with Crippen molar-refractivity contribution in [2.24, 2.45) is 5.73 Å². The molecule has 1 aromatic rings. The summed E-state index contributed by atoms with van der Waals surface area (Å²) in [7, 11) is 0. The maximum atomic E-state index is 11.7. The highest BCUT2D eigenvalue weighted by molar-refractivity contribution is 9.10. The van der Waals surface area contributed by atoms with E-state index >= 15 is 0 Å². The number of nitrogens with zero attached hydrogens (tertiary/aromatic N) is 1. The number of primary amides is 1. The van der Waals surface area contributed by atoms with E-state index in [1.165, 1.54) is 0 Å². The van der Waals surface area contributed by atoms with Gasteiger partial charge in [0.15, 0.2) is 0 Å². The molecule has 0 saturated carbocycles. The molecule has 1 saturated heterocycles. The summed E-state index contributed by atoms with van der Waals surface area (Å²) in [5.74, 6) is -1.45. The summed E-state index contributed by atoms with van der Waals surface area (Å²) >= 11 is 3.31. The van der Waals surface area contributed by atoms with Crippen LogP contribution in [0.25, 0.3) is 0 Å². The molecule has 20 heavy (non-hydrogen) atoms. The number of piperidine rings is 1. The average Bonchev–Trinajstić information content (AvgIpc) is 2.38. The molecular formula is C14H17BrN2O3. The van der Waals surface area contributed by atoms with Gasteiger partial charge < -0.3 is 15.7 Å². The maximum absolute atomic E-state index is 11.7.